The second-order valence-corrected chi connectivity index (χ2v) is 9.40. The smallest absolute Gasteiger partial charge is 0.225 e. The number of aliphatic hydroxyl groups is 1. The minimum atomic E-state index is -0.177. The fourth-order valence-corrected chi connectivity index (χ4v) is 5.84. The molecule has 28 heavy (non-hydrogen) atoms. The number of anilines is 1. The molecule has 6 nitrogen and oxygen atoms in total. The molecule has 0 bridgehead atoms. The second-order valence-electron chi connectivity index (χ2n) is 9.40. The summed E-state index contributed by atoms with van der Waals surface area (Å²) in [7, 11) is 0. The Morgan fingerprint density at radius 3 is 2.79 bits per heavy atom. The predicted molar refractivity (Wildman–Crippen MR) is 107 cm³/mol. The number of hydrogen-bond acceptors (Lipinski definition) is 5. The zero-order valence-corrected chi connectivity index (χ0v) is 16.9. The lowest BCUT2D eigenvalue weighted by atomic mass is 9.61. The van der Waals surface area contributed by atoms with E-state index in [1.807, 2.05) is 0 Å². The Morgan fingerprint density at radius 2 is 1.96 bits per heavy atom. The van der Waals surface area contributed by atoms with Gasteiger partial charge in [-0.2, -0.15) is 0 Å². The van der Waals surface area contributed by atoms with Crippen LogP contribution in [0.5, 0.6) is 0 Å². The molecule has 2 N–H and O–H groups in total. The molecule has 0 aromatic carbocycles. The van der Waals surface area contributed by atoms with Crippen molar-refractivity contribution >= 4 is 11.9 Å². The van der Waals surface area contributed by atoms with Gasteiger partial charge in [0.1, 0.15) is 0 Å². The highest BCUT2D eigenvalue weighted by atomic mass is 16.3. The predicted octanol–water partition coefficient (Wildman–Crippen LogP) is 2.16. The van der Waals surface area contributed by atoms with Crippen molar-refractivity contribution in [3.05, 3.63) is 17.0 Å². The van der Waals surface area contributed by atoms with Crippen LogP contribution in [0.15, 0.2) is 0 Å². The summed E-state index contributed by atoms with van der Waals surface area (Å²) in [6.07, 6.45) is 8.81. The molecule has 1 amide bonds. The average Bonchev–Trinajstić information content (AvgIpc) is 3.14. The third kappa shape index (κ3) is 3.30. The molecule has 0 radical (unpaired) electrons. The lowest BCUT2D eigenvalue weighted by molar-refractivity contribution is -0.135. The van der Waals surface area contributed by atoms with E-state index in [0.29, 0.717) is 11.8 Å². The molecule has 3 aliphatic carbocycles. The quantitative estimate of drug-likeness (QED) is 0.835. The number of carbonyl (C=O) groups excluding carboxylic acids is 1. The van der Waals surface area contributed by atoms with Gasteiger partial charge < -0.3 is 15.3 Å². The van der Waals surface area contributed by atoms with Crippen molar-refractivity contribution in [1.29, 1.82) is 0 Å². The summed E-state index contributed by atoms with van der Waals surface area (Å²) in [4.78, 5) is 24.9. The zero-order chi connectivity index (χ0) is 19.3. The van der Waals surface area contributed by atoms with Gasteiger partial charge in [-0.1, -0.05) is 0 Å². The fourth-order valence-electron chi connectivity index (χ4n) is 5.84. The third-order valence-corrected chi connectivity index (χ3v) is 7.67. The van der Waals surface area contributed by atoms with Gasteiger partial charge in [-0.25, -0.2) is 9.97 Å². The van der Waals surface area contributed by atoms with Crippen LogP contribution < -0.4 is 10.2 Å². The first kappa shape index (κ1) is 18.3. The molecule has 2 saturated carbocycles. The second kappa shape index (κ2) is 7.29. The van der Waals surface area contributed by atoms with Crippen LogP contribution in [0.1, 0.15) is 61.9 Å². The molecule has 3 fully saturated rings. The van der Waals surface area contributed by atoms with Crippen LogP contribution in [0.4, 0.5) is 5.95 Å². The van der Waals surface area contributed by atoms with Gasteiger partial charge in [-0.05, 0) is 82.1 Å². The summed E-state index contributed by atoms with van der Waals surface area (Å²) in [6.45, 7) is 4.03. The lowest BCUT2D eigenvalue weighted by Crippen LogP contribution is -2.56. The number of nitrogens with zero attached hydrogens (tertiary/aromatic N) is 3. The highest BCUT2D eigenvalue weighted by Gasteiger charge is 2.48. The van der Waals surface area contributed by atoms with Crippen molar-refractivity contribution in [2.75, 3.05) is 18.0 Å². The minimum Gasteiger partial charge on any atom is -0.393 e. The molecule has 4 aliphatic rings. The third-order valence-electron chi connectivity index (χ3n) is 7.67. The van der Waals surface area contributed by atoms with E-state index in [0.717, 1.165) is 76.1 Å². The van der Waals surface area contributed by atoms with E-state index in [2.05, 4.69) is 17.1 Å². The van der Waals surface area contributed by atoms with Gasteiger partial charge in [-0.3, -0.25) is 4.79 Å². The van der Waals surface area contributed by atoms with Gasteiger partial charge in [0.15, 0.2) is 0 Å². The Labute approximate surface area is 167 Å². The van der Waals surface area contributed by atoms with Crippen LogP contribution >= 0.6 is 0 Å². The Morgan fingerprint density at radius 1 is 1.14 bits per heavy atom. The molecule has 1 saturated heterocycles. The summed E-state index contributed by atoms with van der Waals surface area (Å²) in [5.41, 5.74) is 3.74. The van der Waals surface area contributed by atoms with Gasteiger partial charge in [0, 0.05) is 36.4 Å². The van der Waals surface area contributed by atoms with E-state index in [9.17, 15) is 9.90 Å². The van der Waals surface area contributed by atoms with Crippen molar-refractivity contribution < 1.29 is 9.90 Å². The van der Waals surface area contributed by atoms with E-state index in [1.165, 1.54) is 17.7 Å². The Hall–Kier alpha value is -1.69. The summed E-state index contributed by atoms with van der Waals surface area (Å²) >= 11 is 0. The molecule has 3 atom stereocenters. The normalized spacial score (nSPS) is 34.4. The van der Waals surface area contributed by atoms with E-state index in [1.54, 1.807) is 0 Å². The number of carbonyl (C=O) groups is 1. The molecule has 0 spiro atoms. The number of aromatic nitrogens is 2. The fraction of sp³-hybridized carbons (Fsp3) is 0.773. The van der Waals surface area contributed by atoms with Crippen LogP contribution in [0.25, 0.3) is 0 Å². The molecular weight excluding hydrogens is 352 g/mol. The van der Waals surface area contributed by atoms with E-state index in [4.69, 9.17) is 9.97 Å². The molecule has 1 aromatic heterocycles. The molecular formula is C22H32N4O2. The maximum Gasteiger partial charge on any atom is 0.225 e. The van der Waals surface area contributed by atoms with Crippen LogP contribution in [0, 0.1) is 24.7 Å². The Bertz CT molecular complexity index is 759. The van der Waals surface area contributed by atoms with Gasteiger partial charge in [0.25, 0.3) is 0 Å². The highest BCUT2D eigenvalue weighted by molar-refractivity contribution is 5.80. The molecule has 152 valence electrons. The first-order valence-electron chi connectivity index (χ1n) is 11.2. The van der Waals surface area contributed by atoms with Gasteiger partial charge in [0.05, 0.1) is 6.10 Å². The maximum atomic E-state index is 12.9. The van der Waals surface area contributed by atoms with Gasteiger partial charge in [0.2, 0.25) is 11.9 Å². The van der Waals surface area contributed by atoms with Crippen LogP contribution in [-0.2, 0) is 17.6 Å². The number of nitrogens with one attached hydrogen (secondary N) is 1. The standard InChI is InChI=1S/C22H32N4O2/c1-13-17-3-2-4-20(17)25-22(23-13)26-10-9-14-11-18(19(14)12-26)21(28)24-15-5-7-16(27)8-6-15/h14-16,18-19,27H,2-12H2,1H3,(H,24,28)/t14-,15?,16?,18-,19-/m1/s1. The first-order valence-corrected chi connectivity index (χ1v) is 11.2. The monoisotopic (exact) mass is 384 g/mol. The molecule has 5 rings (SSSR count). The van der Waals surface area contributed by atoms with Crippen molar-refractivity contribution in [1.82, 2.24) is 15.3 Å². The number of aliphatic hydroxyl groups excluding tert-OH is 1. The van der Waals surface area contributed by atoms with E-state index in [-0.39, 0.29) is 24.0 Å². The Kier molecular flexibility index (Phi) is 4.77. The number of fused-ring (bicyclic) bond motifs is 2. The number of piperidine rings is 1. The number of rotatable bonds is 3. The minimum absolute atomic E-state index is 0.134. The Balaban J connectivity index is 1.23. The number of amides is 1. The van der Waals surface area contributed by atoms with E-state index >= 15 is 0 Å². The summed E-state index contributed by atoms with van der Waals surface area (Å²) in [5, 5.41) is 12.9. The number of hydrogen-bond donors (Lipinski definition) is 2. The lowest BCUT2D eigenvalue weighted by Gasteiger charge is -2.50. The molecule has 1 aliphatic heterocycles. The molecule has 2 heterocycles. The van der Waals surface area contributed by atoms with Crippen LogP contribution in [0.2, 0.25) is 0 Å². The number of aryl methyl sites for hydroxylation is 2. The summed E-state index contributed by atoms with van der Waals surface area (Å²) in [6, 6.07) is 0.248. The van der Waals surface area contributed by atoms with Crippen molar-refractivity contribution in [2.45, 2.75) is 76.9 Å². The zero-order valence-electron chi connectivity index (χ0n) is 16.9. The van der Waals surface area contributed by atoms with Crippen molar-refractivity contribution in [2.24, 2.45) is 17.8 Å². The summed E-state index contributed by atoms with van der Waals surface area (Å²) in [5.74, 6) is 2.35. The van der Waals surface area contributed by atoms with Crippen molar-refractivity contribution in [3.8, 4) is 0 Å². The molecule has 0 unspecified atom stereocenters. The van der Waals surface area contributed by atoms with Gasteiger partial charge >= 0.3 is 0 Å². The van der Waals surface area contributed by atoms with Crippen LogP contribution in [-0.4, -0.2) is 46.2 Å². The largest absolute Gasteiger partial charge is 0.393 e. The topological polar surface area (TPSA) is 78.4 Å². The van der Waals surface area contributed by atoms with Gasteiger partial charge in [-0.15, -0.1) is 0 Å². The van der Waals surface area contributed by atoms with Crippen molar-refractivity contribution in [3.63, 3.8) is 0 Å². The maximum absolute atomic E-state index is 12.9. The molecule has 1 aromatic rings. The average molecular weight is 385 g/mol. The molecule has 6 heteroatoms. The first-order chi connectivity index (χ1) is 13.6. The highest BCUT2D eigenvalue weighted by Crippen LogP contribution is 2.46. The SMILES string of the molecule is Cc1nc(N2CC[C@@H]3C[C@@H](C(=O)NC4CCC(O)CC4)[C@@H]3C2)nc2c1CCC2. The van der Waals surface area contributed by atoms with Crippen LogP contribution in [0.3, 0.4) is 0 Å². The summed E-state index contributed by atoms with van der Waals surface area (Å²) < 4.78 is 0. The van der Waals surface area contributed by atoms with E-state index < -0.39 is 0 Å².